The number of hydrogen-bond acceptors (Lipinski definition) is 7. The van der Waals surface area contributed by atoms with E-state index in [0.717, 1.165) is 12.7 Å². The van der Waals surface area contributed by atoms with Gasteiger partial charge in [-0.2, -0.15) is 0 Å². The number of hydrogen-bond donors (Lipinski definition) is 5. The third-order valence-electron chi connectivity index (χ3n) is 2.55. The van der Waals surface area contributed by atoms with Crippen molar-refractivity contribution >= 4 is 19.7 Å². The van der Waals surface area contributed by atoms with Gasteiger partial charge in [-0.1, -0.05) is 6.07 Å². The summed E-state index contributed by atoms with van der Waals surface area (Å²) >= 11 is 0. The highest BCUT2D eigenvalue weighted by Crippen LogP contribution is 2.36. The second kappa shape index (κ2) is 7.82. The molecule has 5 N–H and O–H groups in total. The molecule has 1 unspecified atom stereocenters. The average Bonchev–Trinajstić information content (AvgIpc) is 2.40. The molecule has 0 spiro atoms. The fraction of sp³-hybridized carbons (Fsp3) is 0.333. The topological polar surface area (TPSA) is 163 Å². The van der Waals surface area contributed by atoms with Crippen molar-refractivity contribution in [1.29, 1.82) is 0 Å². The summed E-state index contributed by atoms with van der Waals surface area (Å²) < 4.78 is 19.5. The lowest BCUT2D eigenvalue weighted by Gasteiger charge is -2.15. The van der Waals surface area contributed by atoms with E-state index >= 15 is 0 Å². The molecule has 0 heterocycles. The van der Waals surface area contributed by atoms with E-state index in [1.54, 1.807) is 0 Å². The predicted octanol–water partition coefficient (Wildman–Crippen LogP) is 0.609. The number of benzene rings is 1. The molecule has 10 nitrogen and oxygen atoms in total. The molecule has 0 aliphatic heterocycles. The summed E-state index contributed by atoms with van der Waals surface area (Å²) in [4.78, 5) is 31.4. The lowest BCUT2D eigenvalue weighted by molar-refractivity contribution is -0.139. The average molecular weight is 349 g/mol. The Bertz CT molecular complexity index is 627. The van der Waals surface area contributed by atoms with Crippen LogP contribution in [0.3, 0.4) is 0 Å². The Labute approximate surface area is 130 Å². The van der Waals surface area contributed by atoms with Crippen molar-refractivity contribution in [3.05, 3.63) is 23.8 Å². The Morgan fingerprint density at radius 1 is 1.30 bits per heavy atom. The van der Waals surface area contributed by atoms with Crippen LogP contribution in [0.1, 0.15) is 5.56 Å². The van der Waals surface area contributed by atoms with Gasteiger partial charge in [0.2, 0.25) is 6.79 Å². The Morgan fingerprint density at radius 2 is 1.96 bits per heavy atom. The number of amides is 1. The van der Waals surface area contributed by atoms with Gasteiger partial charge < -0.3 is 30.3 Å². The standard InChI is InChI=1S/C12H16NO9P/c1-23(19,20)22-6-21-12(18)13-8(11(16)17)4-7-2-3-9(14)10(15)5-7/h2-3,5,8,14-15H,4,6H2,1H3,(H,13,18)(H,16,17)(H,19,20)/t8-/m0/s1. The molecule has 1 aromatic carbocycles. The van der Waals surface area contributed by atoms with Crippen molar-refractivity contribution in [2.45, 2.75) is 12.5 Å². The van der Waals surface area contributed by atoms with Gasteiger partial charge in [0.25, 0.3) is 0 Å². The monoisotopic (exact) mass is 349 g/mol. The van der Waals surface area contributed by atoms with E-state index in [9.17, 15) is 24.4 Å². The molecular formula is C12H16NO9P. The Balaban J connectivity index is 2.61. The van der Waals surface area contributed by atoms with Crippen LogP contribution in [0.15, 0.2) is 18.2 Å². The molecule has 1 amide bonds. The lowest BCUT2D eigenvalue weighted by atomic mass is 10.1. The number of carboxylic acid groups (broad SMARTS) is 1. The summed E-state index contributed by atoms with van der Waals surface area (Å²) in [6.07, 6.45) is -1.35. The predicted molar refractivity (Wildman–Crippen MR) is 76.2 cm³/mol. The van der Waals surface area contributed by atoms with Crippen molar-refractivity contribution in [2.75, 3.05) is 13.5 Å². The number of aliphatic carboxylic acids is 1. The van der Waals surface area contributed by atoms with Gasteiger partial charge in [0.05, 0.1) is 0 Å². The summed E-state index contributed by atoms with van der Waals surface area (Å²) in [6.45, 7) is 0.0774. The third kappa shape index (κ3) is 7.00. The van der Waals surface area contributed by atoms with Crippen LogP contribution in [0.4, 0.5) is 4.79 Å². The molecule has 0 aromatic heterocycles. The van der Waals surface area contributed by atoms with E-state index in [1.165, 1.54) is 12.1 Å². The molecule has 2 atom stereocenters. The Hall–Kier alpha value is -2.29. The van der Waals surface area contributed by atoms with E-state index < -0.39 is 38.2 Å². The minimum absolute atomic E-state index is 0.189. The molecule has 11 heteroatoms. The zero-order chi connectivity index (χ0) is 17.6. The molecule has 0 aliphatic rings. The number of phenolic OH excluding ortho intramolecular Hbond substituents is 2. The molecule has 0 saturated carbocycles. The molecule has 23 heavy (non-hydrogen) atoms. The van der Waals surface area contributed by atoms with Crippen LogP contribution < -0.4 is 5.32 Å². The minimum atomic E-state index is -3.81. The summed E-state index contributed by atoms with van der Waals surface area (Å²) in [6, 6.07) is 2.32. The second-order valence-electron chi connectivity index (χ2n) is 4.54. The normalized spacial score (nSPS) is 14.5. The highest BCUT2D eigenvalue weighted by Gasteiger charge is 2.22. The highest BCUT2D eigenvalue weighted by atomic mass is 31.2. The van der Waals surface area contributed by atoms with Crippen LogP contribution in [0.25, 0.3) is 0 Å². The first-order valence-electron chi connectivity index (χ1n) is 6.20. The molecule has 0 fully saturated rings. The summed E-state index contributed by atoms with van der Waals surface area (Å²) in [5.74, 6) is -2.15. The summed E-state index contributed by atoms with van der Waals surface area (Å²) in [7, 11) is -3.81. The van der Waals surface area contributed by atoms with Gasteiger partial charge in [0.1, 0.15) is 6.04 Å². The quantitative estimate of drug-likeness (QED) is 0.269. The van der Waals surface area contributed by atoms with Gasteiger partial charge in [-0.05, 0) is 17.7 Å². The minimum Gasteiger partial charge on any atom is -0.504 e. The first kappa shape index (κ1) is 18.8. The number of aromatic hydroxyl groups is 2. The van der Waals surface area contributed by atoms with E-state index in [0.29, 0.717) is 5.56 Å². The molecule has 0 bridgehead atoms. The third-order valence-corrected chi connectivity index (χ3v) is 3.14. The zero-order valence-electron chi connectivity index (χ0n) is 12.0. The molecule has 1 rings (SSSR count). The van der Waals surface area contributed by atoms with Gasteiger partial charge in [-0.15, -0.1) is 0 Å². The highest BCUT2D eigenvalue weighted by molar-refractivity contribution is 7.51. The van der Waals surface area contributed by atoms with E-state index in [1.807, 2.05) is 5.32 Å². The largest absolute Gasteiger partial charge is 0.504 e. The van der Waals surface area contributed by atoms with Crippen LogP contribution in [0.5, 0.6) is 11.5 Å². The fourth-order valence-corrected chi connectivity index (χ4v) is 1.74. The number of alkyl carbamates (subject to hydrolysis) is 1. The fourth-order valence-electron chi connectivity index (χ4n) is 1.49. The maximum absolute atomic E-state index is 11.4. The van der Waals surface area contributed by atoms with Crippen molar-refractivity contribution in [1.82, 2.24) is 5.32 Å². The van der Waals surface area contributed by atoms with Gasteiger partial charge in [-0.3, -0.25) is 9.09 Å². The summed E-state index contributed by atoms with van der Waals surface area (Å²) in [5, 5.41) is 29.6. The van der Waals surface area contributed by atoms with Crippen LogP contribution in [-0.4, -0.2) is 51.8 Å². The van der Waals surface area contributed by atoms with Gasteiger partial charge in [0.15, 0.2) is 11.5 Å². The number of carbonyl (C=O) groups excluding carboxylic acids is 1. The van der Waals surface area contributed by atoms with Crippen molar-refractivity contribution in [3.63, 3.8) is 0 Å². The Kier molecular flexibility index (Phi) is 6.38. The maximum atomic E-state index is 11.4. The SMILES string of the molecule is CP(=O)(O)OCOC(=O)N[C@@H](Cc1ccc(O)c(O)c1)C(=O)O. The van der Waals surface area contributed by atoms with Crippen LogP contribution >= 0.6 is 7.60 Å². The van der Waals surface area contributed by atoms with E-state index in [-0.39, 0.29) is 12.2 Å². The Morgan fingerprint density at radius 3 is 2.48 bits per heavy atom. The van der Waals surface area contributed by atoms with Crippen molar-refractivity contribution in [3.8, 4) is 11.5 Å². The number of nitrogens with one attached hydrogen (secondary N) is 1. The van der Waals surface area contributed by atoms with Gasteiger partial charge in [0, 0.05) is 13.1 Å². The van der Waals surface area contributed by atoms with Gasteiger partial charge >= 0.3 is 19.7 Å². The van der Waals surface area contributed by atoms with Crippen molar-refractivity contribution in [2.24, 2.45) is 0 Å². The van der Waals surface area contributed by atoms with E-state index in [4.69, 9.17) is 10.00 Å². The maximum Gasteiger partial charge on any atom is 0.409 e. The molecule has 1 aromatic rings. The number of ether oxygens (including phenoxy) is 1. The smallest absolute Gasteiger partial charge is 0.409 e. The van der Waals surface area contributed by atoms with Crippen LogP contribution in [-0.2, 0) is 25.0 Å². The number of carbonyl (C=O) groups is 2. The molecule has 0 radical (unpaired) electrons. The van der Waals surface area contributed by atoms with Crippen molar-refractivity contribution < 1.29 is 43.6 Å². The zero-order valence-corrected chi connectivity index (χ0v) is 12.9. The first-order chi connectivity index (χ1) is 10.6. The molecule has 0 saturated heterocycles. The second-order valence-corrected chi connectivity index (χ2v) is 6.41. The summed E-state index contributed by atoms with van der Waals surface area (Å²) in [5.41, 5.74) is 0.345. The molecule has 128 valence electrons. The van der Waals surface area contributed by atoms with Crippen LogP contribution in [0, 0.1) is 0 Å². The first-order valence-corrected chi connectivity index (χ1v) is 8.22. The molecular weight excluding hydrogens is 333 g/mol. The van der Waals surface area contributed by atoms with Crippen LogP contribution in [0.2, 0.25) is 0 Å². The number of rotatable bonds is 7. The molecule has 0 aliphatic carbocycles. The van der Waals surface area contributed by atoms with E-state index in [2.05, 4.69) is 9.26 Å². The lowest BCUT2D eigenvalue weighted by Crippen LogP contribution is -2.42. The van der Waals surface area contributed by atoms with Gasteiger partial charge in [-0.25, -0.2) is 9.59 Å². The number of phenols is 2. The number of carboxylic acids is 1.